The lowest BCUT2D eigenvalue weighted by molar-refractivity contribution is 0.238. The summed E-state index contributed by atoms with van der Waals surface area (Å²) in [5.74, 6) is 0.701. The highest BCUT2D eigenvalue weighted by molar-refractivity contribution is 7.09. The molecule has 0 radical (unpaired) electrons. The topological polar surface area (TPSA) is 41.1 Å². The number of amides is 2. The van der Waals surface area contributed by atoms with Gasteiger partial charge in [0, 0.05) is 11.4 Å². The second kappa shape index (κ2) is 5.89. The fourth-order valence-corrected chi connectivity index (χ4v) is 2.74. The van der Waals surface area contributed by atoms with E-state index in [9.17, 15) is 4.79 Å². The highest BCUT2D eigenvalue weighted by atomic mass is 32.1. The molecule has 1 aliphatic rings. The second-order valence-corrected chi connectivity index (χ2v) is 5.33. The van der Waals surface area contributed by atoms with Gasteiger partial charge in [-0.05, 0) is 30.2 Å². The molecular formula is C12H18N2OS. The van der Waals surface area contributed by atoms with Gasteiger partial charge in [-0.1, -0.05) is 18.9 Å². The van der Waals surface area contributed by atoms with Gasteiger partial charge in [-0.15, -0.1) is 11.3 Å². The van der Waals surface area contributed by atoms with E-state index in [1.807, 2.05) is 17.5 Å². The molecule has 16 heavy (non-hydrogen) atoms. The predicted octanol–water partition coefficient (Wildman–Crippen LogP) is 2.74. The Morgan fingerprint density at radius 3 is 2.88 bits per heavy atom. The van der Waals surface area contributed by atoms with Gasteiger partial charge in [-0.2, -0.15) is 0 Å². The van der Waals surface area contributed by atoms with Crippen LogP contribution in [0.15, 0.2) is 17.5 Å². The van der Waals surface area contributed by atoms with Crippen LogP contribution in [-0.2, 0) is 6.54 Å². The molecule has 0 atom stereocenters. The predicted molar refractivity (Wildman–Crippen MR) is 66.5 cm³/mol. The maximum absolute atomic E-state index is 11.5. The Kier molecular flexibility index (Phi) is 4.22. The molecule has 3 nitrogen and oxygen atoms in total. The molecule has 0 aromatic carbocycles. The van der Waals surface area contributed by atoms with Crippen LogP contribution in [0.4, 0.5) is 4.79 Å². The van der Waals surface area contributed by atoms with Crippen molar-refractivity contribution in [3.63, 3.8) is 0 Å². The van der Waals surface area contributed by atoms with E-state index in [4.69, 9.17) is 0 Å². The van der Waals surface area contributed by atoms with Gasteiger partial charge < -0.3 is 10.6 Å². The van der Waals surface area contributed by atoms with Gasteiger partial charge in [0.05, 0.1) is 6.54 Å². The van der Waals surface area contributed by atoms with Gasteiger partial charge in [0.2, 0.25) is 0 Å². The minimum Gasteiger partial charge on any atom is -0.338 e. The van der Waals surface area contributed by atoms with Crippen LogP contribution in [0.1, 0.15) is 30.6 Å². The Morgan fingerprint density at radius 1 is 1.38 bits per heavy atom. The smallest absolute Gasteiger partial charge is 0.315 e. The zero-order chi connectivity index (χ0) is 11.2. The monoisotopic (exact) mass is 238 g/mol. The van der Waals surface area contributed by atoms with Crippen molar-refractivity contribution in [2.75, 3.05) is 6.54 Å². The third kappa shape index (κ3) is 3.52. The van der Waals surface area contributed by atoms with E-state index in [1.165, 1.54) is 30.6 Å². The molecule has 0 spiro atoms. The minimum absolute atomic E-state index is 0.0414. The molecule has 4 heteroatoms. The SMILES string of the molecule is O=C(NCc1cccs1)NCC1CCCC1. The van der Waals surface area contributed by atoms with Crippen LogP contribution in [0, 0.1) is 5.92 Å². The van der Waals surface area contributed by atoms with Gasteiger partial charge in [0.1, 0.15) is 0 Å². The quantitative estimate of drug-likeness (QED) is 0.832. The zero-order valence-electron chi connectivity index (χ0n) is 9.37. The average molecular weight is 238 g/mol. The first-order valence-corrected chi connectivity index (χ1v) is 6.76. The molecule has 2 amide bonds. The lowest BCUT2D eigenvalue weighted by Crippen LogP contribution is -2.37. The van der Waals surface area contributed by atoms with Gasteiger partial charge >= 0.3 is 6.03 Å². The highest BCUT2D eigenvalue weighted by Crippen LogP contribution is 2.23. The van der Waals surface area contributed by atoms with E-state index in [-0.39, 0.29) is 6.03 Å². The van der Waals surface area contributed by atoms with E-state index in [0.717, 1.165) is 6.54 Å². The number of thiophene rings is 1. The zero-order valence-corrected chi connectivity index (χ0v) is 10.2. The molecule has 88 valence electrons. The van der Waals surface area contributed by atoms with Crippen molar-refractivity contribution in [3.05, 3.63) is 22.4 Å². The summed E-state index contributed by atoms with van der Waals surface area (Å²) >= 11 is 1.67. The fourth-order valence-electron chi connectivity index (χ4n) is 2.09. The molecule has 0 bridgehead atoms. The number of carbonyl (C=O) groups excluding carboxylic acids is 1. The molecule has 0 aliphatic heterocycles. The average Bonchev–Trinajstić information content (AvgIpc) is 2.96. The Labute approximate surface area is 100 Å². The molecular weight excluding hydrogens is 220 g/mol. The van der Waals surface area contributed by atoms with E-state index in [2.05, 4.69) is 10.6 Å². The Bertz CT molecular complexity index is 318. The molecule has 0 saturated heterocycles. The Morgan fingerprint density at radius 2 is 2.19 bits per heavy atom. The van der Waals surface area contributed by atoms with Crippen molar-refractivity contribution < 1.29 is 4.79 Å². The summed E-state index contributed by atoms with van der Waals surface area (Å²) in [5.41, 5.74) is 0. The number of nitrogens with one attached hydrogen (secondary N) is 2. The van der Waals surface area contributed by atoms with Crippen molar-refractivity contribution in [1.29, 1.82) is 0 Å². The highest BCUT2D eigenvalue weighted by Gasteiger charge is 2.15. The molecule has 1 aliphatic carbocycles. The Hall–Kier alpha value is -1.03. The Balaban J connectivity index is 1.60. The van der Waals surface area contributed by atoms with Crippen molar-refractivity contribution in [2.45, 2.75) is 32.2 Å². The second-order valence-electron chi connectivity index (χ2n) is 4.29. The van der Waals surface area contributed by atoms with E-state index in [0.29, 0.717) is 12.5 Å². The maximum Gasteiger partial charge on any atom is 0.315 e. The summed E-state index contributed by atoms with van der Waals surface area (Å²) in [6, 6.07) is 3.99. The lowest BCUT2D eigenvalue weighted by Gasteiger charge is -2.11. The minimum atomic E-state index is -0.0414. The molecule has 2 N–H and O–H groups in total. The molecule has 0 unspecified atom stereocenters. The van der Waals surface area contributed by atoms with E-state index in [1.54, 1.807) is 11.3 Å². The summed E-state index contributed by atoms with van der Waals surface area (Å²) < 4.78 is 0. The van der Waals surface area contributed by atoms with Crippen LogP contribution in [0.2, 0.25) is 0 Å². The van der Waals surface area contributed by atoms with E-state index >= 15 is 0 Å². The first kappa shape index (κ1) is 11.5. The molecule has 1 aromatic rings. The first-order chi connectivity index (χ1) is 7.84. The summed E-state index contributed by atoms with van der Waals surface area (Å²) in [6.07, 6.45) is 5.18. The molecule has 2 rings (SSSR count). The summed E-state index contributed by atoms with van der Waals surface area (Å²) in [5, 5.41) is 7.83. The van der Waals surface area contributed by atoms with Crippen LogP contribution >= 0.6 is 11.3 Å². The normalized spacial score (nSPS) is 16.2. The number of hydrogen-bond donors (Lipinski definition) is 2. The summed E-state index contributed by atoms with van der Waals surface area (Å²) in [6.45, 7) is 1.46. The number of urea groups is 1. The largest absolute Gasteiger partial charge is 0.338 e. The molecule has 1 saturated carbocycles. The fraction of sp³-hybridized carbons (Fsp3) is 0.583. The van der Waals surface area contributed by atoms with Crippen LogP contribution in [-0.4, -0.2) is 12.6 Å². The van der Waals surface area contributed by atoms with Crippen molar-refractivity contribution in [1.82, 2.24) is 10.6 Å². The van der Waals surface area contributed by atoms with E-state index < -0.39 is 0 Å². The van der Waals surface area contributed by atoms with Crippen molar-refractivity contribution >= 4 is 17.4 Å². The number of rotatable bonds is 4. The standard InChI is InChI=1S/C12H18N2OS/c15-12(13-8-10-4-1-2-5-10)14-9-11-6-3-7-16-11/h3,6-7,10H,1-2,4-5,8-9H2,(H2,13,14,15). The van der Waals surface area contributed by atoms with Crippen molar-refractivity contribution in [3.8, 4) is 0 Å². The molecule has 1 fully saturated rings. The molecule has 1 aromatic heterocycles. The van der Waals surface area contributed by atoms with Crippen molar-refractivity contribution in [2.24, 2.45) is 5.92 Å². The van der Waals surface area contributed by atoms with Crippen LogP contribution in [0.3, 0.4) is 0 Å². The number of carbonyl (C=O) groups is 1. The van der Waals surface area contributed by atoms with Gasteiger partial charge in [0.15, 0.2) is 0 Å². The third-order valence-electron chi connectivity index (χ3n) is 3.03. The maximum atomic E-state index is 11.5. The van der Waals surface area contributed by atoms with Crippen LogP contribution in [0.25, 0.3) is 0 Å². The van der Waals surface area contributed by atoms with Crippen LogP contribution in [0.5, 0.6) is 0 Å². The van der Waals surface area contributed by atoms with Gasteiger partial charge in [0.25, 0.3) is 0 Å². The first-order valence-electron chi connectivity index (χ1n) is 5.88. The summed E-state index contributed by atoms with van der Waals surface area (Å²) in [7, 11) is 0. The summed E-state index contributed by atoms with van der Waals surface area (Å²) in [4.78, 5) is 12.7. The lowest BCUT2D eigenvalue weighted by atomic mass is 10.1. The van der Waals surface area contributed by atoms with Gasteiger partial charge in [-0.25, -0.2) is 4.79 Å². The van der Waals surface area contributed by atoms with Gasteiger partial charge in [-0.3, -0.25) is 0 Å². The van der Waals surface area contributed by atoms with Crippen LogP contribution < -0.4 is 10.6 Å². The third-order valence-corrected chi connectivity index (χ3v) is 3.91. The molecule has 1 heterocycles. The number of hydrogen-bond acceptors (Lipinski definition) is 2.